The largest absolute Gasteiger partial charge is 0.383 e. The molecule has 24 heavy (non-hydrogen) atoms. The van der Waals surface area contributed by atoms with Crippen LogP contribution < -0.4 is 5.73 Å². The summed E-state index contributed by atoms with van der Waals surface area (Å²) in [6.45, 7) is 7.32. The van der Waals surface area contributed by atoms with E-state index in [4.69, 9.17) is 15.5 Å². The number of rotatable bonds is 7. The lowest BCUT2D eigenvalue weighted by atomic mass is 9.96. The predicted molar refractivity (Wildman–Crippen MR) is 104 cm³/mol. The Labute approximate surface area is 152 Å². The summed E-state index contributed by atoms with van der Waals surface area (Å²) < 4.78 is 5.98. The van der Waals surface area contributed by atoms with Crippen LogP contribution in [0.25, 0.3) is 10.2 Å². The minimum atomic E-state index is 0.266. The van der Waals surface area contributed by atoms with Gasteiger partial charge in [0, 0.05) is 17.1 Å². The van der Waals surface area contributed by atoms with Crippen LogP contribution in [0.1, 0.15) is 56.9 Å². The lowest BCUT2D eigenvalue weighted by Crippen LogP contribution is -2.26. The SMILES string of the molecule is CCCCCCSc1nc(N)c2c3c(sc2n1)CO[C@H](C(C)C)C3. The van der Waals surface area contributed by atoms with Crippen molar-refractivity contribution in [2.24, 2.45) is 5.92 Å². The van der Waals surface area contributed by atoms with E-state index in [2.05, 4.69) is 25.8 Å². The molecule has 6 heteroatoms. The molecule has 1 atom stereocenters. The first kappa shape index (κ1) is 18.0. The number of hydrogen-bond donors (Lipinski definition) is 1. The first-order chi connectivity index (χ1) is 11.6. The first-order valence-electron chi connectivity index (χ1n) is 8.92. The summed E-state index contributed by atoms with van der Waals surface area (Å²) in [6.07, 6.45) is 6.25. The van der Waals surface area contributed by atoms with Crippen molar-refractivity contribution in [3.8, 4) is 0 Å². The molecule has 0 fully saturated rings. The Morgan fingerprint density at radius 2 is 2.12 bits per heavy atom. The molecule has 0 saturated heterocycles. The number of thiophene rings is 1. The molecule has 4 nitrogen and oxygen atoms in total. The molecule has 0 unspecified atom stereocenters. The molecule has 3 heterocycles. The average molecular weight is 366 g/mol. The number of unbranched alkanes of at least 4 members (excludes halogenated alkanes) is 3. The van der Waals surface area contributed by atoms with E-state index < -0.39 is 0 Å². The molecule has 2 aromatic heterocycles. The van der Waals surface area contributed by atoms with Crippen molar-refractivity contribution in [2.75, 3.05) is 11.5 Å². The molecule has 0 aliphatic carbocycles. The number of ether oxygens (including phenoxy) is 1. The van der Waals surface area contributed by atoms with E-state index in [9.17, 15) is 0 Å². The zero-order valence-electron chi connectivity index (χ0n) is 14.8. The smallest absolute Gasteiger partial charge is 0.190 e. The van der Waals surface area contributed by atoms with Gasteiger partial charge in [-0.25, -0.2) is 9.97 Å². The zero-order chi connectivity index (χ0) is 17.1. The highest BCUT2D eigenvalue weighted by Crippen LogP contribution is 2.39. The van der Waals surface area contributed by atoms with Crippen molar-refractivity contribution in [2.45, 2.75) is 70.7 Å². The molecule has 0 aromatic carbocycles. The van der Waals surface area contributed by atoms with E-state index in [1.807, 2.05) is 0 Å². The second kappa shape index (κ2) is 8.02. The van der Waals surface area contributed by atoms with Crippen LogP contribution in [0.2, 0.25) is 0 Å². The number of nitrogens with two attached hydrogens (primary N) is 1. The van der Waals surface area contributed by atoms with Gasteiger partial charge >= 0.3 is 0 Å². The summed E-state index contributed by atoms with van der Waals surface area (Å²) >= 11 is 3.44. The minimum Gasteiger partial charge on any atom is -0.383 e. The summed E-state index contributed by atoms with van der Waals surface area (Å²) in [4.78, 5) is 11.6. The normalized spacial score (nSPS) is 17.6. The van der Waals surface area contributed by atoms with Crippen molar-refractivity contribution < 1.29 is 4.74 Å². The first-order valence-corrected chi connectivity index (χ1v) is 10.7. The fraction of sp³-hybridized carbons (Fsp3) is 0.667. The van der Waals surface area contributed by atoms with E-state index in [1.165, 1.54) is 36.1 Å². The van der Waals surface area contributed by atoms with E-state index >= 15 is 0 Å². The molecule has 0 amide bonds. The summed E-state index contributed by atoms with van der Waals surface area (Å²) in [6, 6.07) is 0. The third-order valence-corrected chi connectivity index (χ3v) is 6.58. The summed E-state index contributed by atoms with van der Waals surface area (Å²) in [5.41, 5.74) is 7.62. The van der Waals surface area contributed by atoms with Gasteiger partial charge in [-0.1, -0.05) is 51.8 Å². The highest BCUT2D eigenvalue weighted by atomic mass is 32.2. The fourth-order valence-electron chi connectivity index (χ4n) is 3.07. The fourth-order valence-corrected chi connectivity index (χ4v) is 5.11. The number of fused-ring (bicyclic) bond motifs is 3. The van der Waals surface area contributed by atoms with Crippen LogP contribution in [0.5, 0.6) is 0 Å². The van der Waals surface area contributed by atoms with Gasteiger partial charge in [0.2, 0.25) is 0 Å². The Kier molecular flexibility index (Phi) is 6.00. The van der Waals surface area contributed by atoms with Crippen LogP contribution >= 0.6 is 23.1 Å². The Morgan fingerprint density at radius 3 is 2.88 bits per heavy atom. The second-order valence-electron chi connectivity index (χ2n) is 6.78. The van der Waals surface area contributed by atoms with E-state index in [0.29, 0.717) is 18.3 Å². The molecular formula is C18H27N3OS2. The molecular weight excluding hydrogens is 338 g/mol. The van der Waals surface area contributed by atoms with E-state index in [0.717, 1.165) is 27.5 Å². The van der Waals surface area contributed by atoms with Crippen molar-refractivity contribution >= 4 is 39.1 Å². The molecule has 0 spiro atoms. The molecule has 0 saturated carbocycles. The minimum absolute atomic E-state index is 0.266. The number of nitrogens with zero attached hydrogens (tertiary/aromatic N) is 2. The maximum Gasteiger partial charge on any atom is 0.190 e. The third kappa shape index (κ3) is 3.86. The van der Waals surface area contributed by atoms with Gasteiger partial charge in [-0.05, 0) is 17.9 Å². The van der Waals surface area contributed by atoms with E-state index in [1.54, 1.807) is 23.1 Å². The number of nitrogen functional groups attached to an aromatic ring is 1. The van der Waals surface area contributed by atoms with Gasteiger partial charge < -0.3 is 10.5 Å². The van der Waals surface area contributed by atoms with Gasteiger partial charge in [0.25, 0.3) is 0 Å². The zero-order valence-corrected chi connectivity index (χ0v) is 16.4. The van der Waals surface area contributed by atoms with Crippen LogP contribution in [-0.2, 0) is 17.8 Å². The number of aromatic nitrogens is 2. The highest BCUT2D eigenvalue weighted by Gasteiger charge is 2.27. The second-order valence-corrected chi connectivity index (χ2v) is 8.93. The molecule has 1 aliphatic rings. The monoisotopic (exact) mass is 365 g/mol. The highest BCUT2D eigenvalue weighted by molar-refractivity contribution is 7.99. The average Bonchev–Trinajstić information content (AvgIpc) is 2.92. The van der Waals surface area contributed by atoms with Gasteiger partial charge in [-0.2, -0.15) is 0 Å². The maximum absolute atomic E-state index is 6.30. The van der Waals surface area contributed by atoms with Crippen LogP contribution in [0.15, 0.2) is 5.16 Å². The van der Waals surface area contributed by atoms with Gasteiger partial charge in [0.05, 0.1) is 18.1 Å². The molecule has 132 valence electrons. The summed E-state index contributed by atoms with van der Waals surface area (Å²) in [5.74, 6) is 2.21. The molecule has 0 radical (unpaired) electrons. The van der Waals surface area contributed by atoms with Gasteiger partial charge in [0.1, 0.15) is 10.6 Å². The number of hydrogen-bond acceptors (Lipinski definition) is 6. The van der Waals surface area contributed by atoms with Gasteiger partial charge in [-0.3, -0.25) is 0 Å². The Hall–Kier alpha value is -0.850. The maximum atomic E-state index is 6.30. The lowest BCUT2D eigenvalue weighted by molar-refractivity contribution is 0.00203. The standard InChI is InChI=1S/C18H27N3OS2/c1-4-5-6-7-8-23-18-20-16(19)15-12-9-13(11(2)3)22-10-14(12)24-17(15)21-18/h11,13H,4-10H2,1-3H3,(H2,19,20,21)/t13-/m0/s1. The summed E-state index contributed by atoms with van der Waals surface area (Å²) in [7, 11) is 0. The van der Waals surface area contributed by atoms with Crippen LogP contribution in [-0.4, -0.2) is 21.8 Å². The molecule has 0 bridgehead atoms. The molecule has 2 aromatic rings. The lowest BCUT2D eigenvalue weighted by Gasteiger charge is -2.26. The quantitative estimate of drug-likeness (QED) is 0.423. The topological polar surface area (TPSA) is 61.0 Å². The van der Waals surface area contributed by atoms with Crippen molar-refractivity contribution in [1.82, 2.24) is 9.97 Å². The number of anilines is 1. The van der Waals surface area contributed by atoms with Crippen molar-refractivity contribution in [3.63, 3.8) is 0 Å². The predicted octanol–water partition coefficient (Wildman–Crippen LogP) is 5.04. The third-order valence-electron chi connectivity index (χ3n) is 4.55. The number of thioether (sulfide) groups is 1. The summed E-state index contributed by atoms with van der Waals surface area (Å²) in [5, 5.41) is 1.88. The van der Waals surface area contributed by atoms with Crippen LogP contribution in [0.4, 0.5) is 5.82 Å². The van der Waals surface area contributed by atoms with Gasteiger partial charge in [0.15, 0.2) is 5.16 Å². The Morgan fingerprint density at radius 1 is 1.29 bits per heavy atom. The van der Waals surface area contributed by atoms with E-state index in [-0.39, 0.29) is 6.10 Å². The molecule has 2 N–H and O–H groups in total. The van der Waals surface area contributed by atoms with Crippen molar-refractivity contribution in [3.05, 3.63) is 10.4 Å². The van der Waals surface area contributed by atoms with Crippen LogP contribution in [0.3, 0.4) is 0 Å². The molecule has 1 aliphatic heterocycles. The van der Waals surface area contributed by atoms with Crippen molar-refractivity contribution in [1.29, 1.82) is 0 Å². The Bertz CT molecular complexity index is 699. The van der Waals surface area contributed by atoms with Gasteiger partial charge in [-0.15, -0.1) is 11.3 Å². The Balaban J connectivity index is 1.78. The molecule has 3 rings (SSSR count). The van der Waals surface area contributed by atoms with Crippen LogP contribution in [0, 0.1) is 5.92 Å².